The largest absolute Gasteiger partial charge is 0.447 e. The van der Waals surface area contributed by atoms with E-state index in [0.29, 0.717) is 24.9 Å². The highest BCUT2D eigenvalue weighted by atomic mass is 32.2. The maximum atomic E-state index is 12.0. The first kappa shape index (κ1) is 18.2. The lowest BCUT2D eigenvalue weighted by Gasteiger charge is -2.06. The van der Waals surface area contributed by atoms with Crippen LogP contribution >= 0.6 is 0 Å². The van der Waals surface area contributed by atoms with Crippen molar-refractivity contribution < 1.29 is 17.9 Å². The molecule has 0 aromatic carbocycles. The van der Waals surface area contributed by atoms with Gasteiger partial charge < -0.3 is 14.8 Å². The molecule has 1 rings (SSSR count). The second-order valence-corrected chi connectivity index (χ2v) is 6.99. The smallest absolute Gasteiger partial charge is 0.273 e. The number of sulfonamides is 1. The minimum absolute atomic E-state index is 0.0431. The summed E-state index contributed by atoms with van der Waals surface area (Å²) in [6, 6.07) is 3.46. The Bertz CT molecular complexity index is 497. The van der Waals surface area contributed by atoms with Gasteiger partial charge >= 0.3 is 0 Å². The van der Waals surface area contributed by atoms with Gasteiger partial charge in [-0.1, -0.05) is 26.7 Å². The van der Waals surface area contributed by atoms with Crippen molar-refractivity contribution in [1.29, 1.82) is 0 Å². The summed E-state index contributed by atoms with van der Waals surface area (Å²) in [5.41, 5.74) is 0. The number of furan rings is 1. The molecule has 0 amide bonds. The molecule has 0 atom stereocenters. The van der Waals surface area contributed by atoms with Crippen LogP contribution in [0.15, 0.2) is 21.6 Å². The van der Waals surface area contributed by atoms with Crippen LogP contribution in [0.1, 0.15) is 45.3 Å². The van der Waals surface area contributed by atoms with Gasteiger partial charge in [-0.15, -0.1) is 0 Å². The first-order valence-corrected chi connectivity index (χ1v) is 8.86. The van der Waals surface area contributed by atoms with E-state index in [9.17, 15) is 8.42 Å². The van der Waals surface area contributed by atoms with Gasteiger partial charge in [0.25, 0.3) is 10.0 Å². The van der Waals surface area contributed by atoms with Gasteiger partial charge in [0.1, 0.15) is 5.76 Å². The second-order valence-electron chi connectivity index (χ2n) is 5.29. The van der Waals surface area contributed by atoms with Crippen LogP contribution in [-0.4, -0.2) is 32.7 Å². The van der Waals surface area contributed by atoms with E-state index in [1.54, 1.807) is 6.07 Å². The first-order chi connectivity index (χ1) is 9.95. The summed E-state index contributed by atoms with van der Waals surface area (Å²) in [6.07, 6.45) is 3.31. The van der Waals surface area contributed by atoms with Crippen LogP contribution in [-0.2, 0) is 16.6 Å². The molecule has 1 aromatic heterocycles. The number of aliphatic hydroxyl groups is 1. The van der Waals surface area contributed by atoms with Crippen molar-refractivity contribution in [3.05, 3.63) is 17.9 Å². The van der Waals surface area contributed by atoms with Gasteiger partial charge in [-0.3, -0.25) is 0 Å². The first-order valence-electron chi connectivity index (χ1n) is 7.38. The van der Waals surface area contributed by atoms with E-state index in [2.05, 4.69) is 10.0 Å². The Balaban J connectivity index is 2.40. The molecule has 0 saturated carbocycles. The molecule has 1 heterocycles. The van der Waals surface area contributed by atoms with E-state index in [1.165, 1.54) is 6.07 Å². The Hall–Kier alpha value is -0.890. The van der Waals surface area contributed by atoms with Crippen molar-refractivity contribution in [2.24, 2.45) is 0 Å². The summed E-state index contributed by atoms with van der Waals surface area (Å²) < 4.78 is 31.9. The molecular weight excluding hydrogens is 292 g/mol. The molecule has 6 nitrogen and oxygen atoms in total. The monoisotopic (exact) mass is 318 g/mol. The van der Waals surface area contributed by atoms with Gasteiger partial charge in [-0.05, 0) is 25.0 Å². The number of aliphatic hydroxyl groups excluding tert-OH is 1. The van der Waals surface area contributed by atoms with E-state index < -0.39 is 10.0 Å². The van der Waals surface area contributed by atoms with Crippen molar-refractivity contribution in [3.63, 3.8) is 0 Å². The van der Waals surface area contributed by atoms with Crippen molar-refractivity contribution >= 4 is 10.0 Å². The normalized spacial score (nSPS) is 12.2. The van der Waals surface area contributed by atoms with Crippen molar-refractivity contribution in [3.8, 4) is 0 Å². The number of hydrogen-bond donors (Lipinski definition) is 3. The number of rotatable bonds is 11. The maximum Gasteiger partial charge on any atom is 0.273 e. The van der Waals surface area contributed by atoms with Gasteiger partial charge in [0.2, 0.25) is 5.09 Å². The van der Waals surface area contributed by atoms with Crippen molar-refractivity contribution in [2.75, 3.05) is 13.2 Å². The highest BCUT2D eigenvalue weighted by Gasteiger charge is 2.18. The average Bonchev–Trinajstić information content (AvgIpc) is 2.90. The summed E-state index contributed by atoms with van der Waals surface area (Å²) >= 11 is 0. The average molecular weight is 318 g/mol. The molecule has 0 aliphatic heterocycles. The van der Waals surface area contributed by atoms with E-state index in [1.807, 2.05) is 13.8 Å². The summed E-state index contributed by atoms with van der Waals surface area (Å²) in [7, 11) is -3.56. The van der Waals surface area contributed by atoms with Crippen LogP contribution in [0.2, 0.25) is 0 Å². The van der Waals surface area contributed by atoms with Crippen molar-refractivity contribution in [1.82, 2.24) is 10.0 Å². The van der Waals surface area contributed by atoms with Crippen LogP contribution in [0, 0.1) is 0 Å². The standard InChI is InChI=1S/C14H26N2O4S/c1-12(2)15-11-13-7-8-14(20-13)21(18,19)16-9-5-3-4-6-10-17/h7-8,12,15-17H,3-6,9-11H2,1-2H3. The molecule has 0 aliphatic carbocycles. The molecule has 0 aliphatic rings. The highest BCUT2D eigenvalue weighted by molar-refractivity contribution is 7.89. The molecule has 21 heavy (non-hydrogen) atoms. The van der Waals surface area contributed by atoms with Crippen LogP contribution in [0.3, 0.4) is 0 Å². The minimum atomic E-state index is -3.56. The second kappa shape index (κ2) is 9.19. The number of nitrogens with one attached hydrogen (secondary N) is 2. The fourth-order valence-corrected chi connectivity index (χ4v) is 2.79. The molecule has 7 heteroatoms. The third kappa shape index (κ3) is 7.08. The van der Waals surface area contributed by atoms with Crippen LogP contribution in [0.5, 0.6) is 0 Å². The third-order valence-corrected chi connectivity index (χ3v) is 4.30. The Labute approximate surface area is 127 Å². The summed E-state index contributed by atoms with van der Waals surface area (Å²) in [6.45, 7) is 5.10. The summed E-state index contributed by atoms with van der Waals surface area (Å²) in [4.78, 5) is 0. The fraction of sp³-hybridized carbons (Fsp3) is 0.714. The zero-order valence-electron chi connectivity index (χ0n) is 12.8. The summed E-state index contributed by atoms with van der Waals surface area (Å²) in [5.74, 6) is 0.604. The Kier molecular flexibility index (Phi) is 7.95. The fourth-order valence-electron chi connectivity index (χ4n) is 1.77. The molecule has 122 valence electrons. The molecule has 0 radical (unpaired) electrons. The SMILES string of the molecule is CC(C)NCc1ccc(S(=O)(=O)NCCCCCCO)o1. The molecule has 3 N–H and O–H groups in total. The van der Waals surface area contributed by atoms with Gasteiger partial charge in [-0.25, -0.2) is 13.1 Å². The molecule has 0 saturated heterocycles. The molecular formula is C14H26N2O4S. The predicted octanol–water partition coefficient (Wildman–Crippen LogP) is 1.61. The van der Waals surface area contributed by atoms with Crippen molar-refractivity contribution in [2.45, 2.75) is 57.2 Å². The number of unbranched alkanes of at least 4 members (excludes halogenated alkanes) is 3. The zero-order valence-corrected chi connectivity index (χ0v) is 13.6. The van der Waals surface area contributed by atoms with Gasteiger partial charge in [0, 0.05) is 19.2 Å². The molecule has 1 aromatic rings. The lowest BCUT2D eigenvalue weighted by atomic mass is 10.2. The number of hydrogen-bond acceptors (Lipinski definition) is 5. The maximum absolute atomic E-state index is 12.0. The molecule has 0 spiro atoms. The quantitative estimate of drug-likeness (QED) is 0.539. The van der Waals surface area contributed by atoms with Gasteiger partial charge in [0.05, 0.1) is 6.54 Å². The summed E-state index contributed by atoms with van der Waals surface area (Å²) in [5, 5.41) is 11.8. The topological polar surface area (TPSA) is 91.6 Å². The zero-order chi connectivity index (χ0) is 15.7. The van der Waals surface area contributed by atoms with Crippen LogP contribution in [0.25, 0.3) is 0 Å². The molecule has 0 unspecified atom stereocenters. The lowest BCUT2D eigenvalue weighted by molar-refractivity contribution is 0.282. The van der Waals surface area contributed by atoms with Crippen LogP contribution in [0.4, 0.5) is 0 Å². The Morgan fingerprint density at radius 2 is 1.90 bits per heavy atom. The molecule has 0 bridgehead atoms. The Morgan fingerprint density at radius 1 is 1.19 bits per heavy atom. The molecule has 0 fully saturated rings. The van der Waals surface area contributed by atoms with E-state index in [0.717, 1.165) is 25.7 Å². The van der Waals surface area contributed by atoms with E-state index in [-0.39, 0.29) is 11.7 Å². The predicted molar refractivity (Wildman–Crippen MR) is 81.4 cm³/mol. The highest BCUT2D eigenvalue weighted by Crippen LogP contribution is 2.14. The van der Waals surface area contributed by atoms with Gasteiger partial charge in [0.15, 0.2) is 0 Å². The van der Waals surface area contributed by atoms with Crippen LogP contribution < -0.4 is 10.0 Å². The van der Waals surface area contributed by atoms with E-state index >= 15 is 0 Å². The minimum Gasteiger partial charge on any atom is -0.447 e. The lowest BCUT2D eigenvalue weighted by Crippen LogP contribution is -2.24. The Morgan fingerprint density at radius 3 is 2.57 bits per heavy atom. The van der Waals surface area contributed by atoms with E-state index in [4.69, 9.17) is 9.52 Å². The third-order valence-electron chi connectivity index (χ3n) is 2.96. The van der Waals surface area contributed by atoms with Gasteiger partial charge in [-0.2, -0.15) is 0 Å².